The molecule has 1 aliphatic rings. The van der Waals surface area contributed by atoms with Gasteiger partial charge in [-0.3, -0.25) is 34.1 Å². The van der Waals surface area contributed by atoms with Crippen LogP contribution in [0.2, 0.25) is 0 Å². The van der Waals surface area contributed by atoms with Crippen molar-refractivity contribution in [3.8, 4) is 5.75 Å². The van der Waals surface area contributed by atoms with Gasteiger partial charge in [0, 0.05) is 51.5 Å². The van der Waals surface area contributed by atoms with Gasteiger partial charge in [0.05, 0.1) is 10.2 Å². The summed E-state index contributed by atoms with van der Waals surface area (Å²) in [5.74, 6) is -3.27. The average Bonchev–Trinajstić information content (AvgIpc) is 2.79. The molecule has 1 saturated heterocycles. The molecule has 0 radical (unpaired) electrons. The molecule has 0 N–H and O–H groups in total. The first kappa shape index (κ1) is 29.5. The lowest BCUT2D eigenvalue weighted by Crippen LogP contribution is -2.58. The Hall–Kier alpha value is -3.68. The molecule has 0 unspecified atom stereocenters. The summed E-state index contributed by atoms with van der Waals surface area (Å²) in [6, 6.07) is 4.94. The van der Waals surface area contributed by atoms with E-state index in [1.807, 2.05) is 0 Å². The molecular weight excluding hydrogens is 514 g/mol. The van der Waals surface area contributed by atoms with Gasteiger partial charge in [-0.1, -0.05) is 0 Å². The van der Waals surface area contributed by atoms with E-state index in [9.17, 15) is 34.1 Å². The number of hydrogen-bond acceptors (Lipinski definition) is 13. The molecule has 1 heterocycles. The first-order chi connectivity index (χ1) is 17.4. The van der Waals surface area contributed by atoms with E-state index < -0.39 is 63.6 Å². The maximum atomic E-state index is 12.5. The lowest BCUT2D eigenvalue weighted by Gasteiger charge is -2.44. The lowest BCUT2D eigenvalue weighted by atomic mass is 9.97. The number of rotatable bonds is 10. The Kier molecular flexibility index (Phi) is 10.8. The van der Waals surface area contributed by atoms with Gasteiger partial charge in [0.15, 0.2) is 18.3 Å². The van der Waals surface area contributed by atoms with Gasteiger partial charge in [-0.15, -0.1) is 11.8 Å². The van der Waals surface area contributed by atoms with Crippen molar-refractivity contribution in [1.29, 1.82) is 0 Å². The molecule has 14 heteroatoms. The van der Waals surface area contributed by atoms with Crippen molar-refractivity contribution in [3.05, 3.63) is 34.4 Å². The molecule has 1 aromatic rings. The smallest absolute Gasteiger partial charge is 0.311 e. The van der Waals surface area contributed by atoms with E-state index in [-0.39, 0.29) is 30.9 Å². The molecule has 1 fully saturated rings. The number of nitrogens with zero attached hydrogens (tertiary/aromatic N) is 1. The minimum atomic E-state index is -1.23. The average molecular weight is 542 g/mol. The normalized spacial score (nSPS) is 22.8. The molecule has 0 bridgehead atoms. The van der Waals surface area contributed by atoms with Crippen LogP contribution in [0.4, 0.5) is 5.69 Å². The molecule has 0 saturated carbocycles. The van der Waals surface area contributed by atoms with Crippen LogP contribution in [0.5, 0.6) is 5.75 Å². The van der Waals surface area contributed by atoms with Crippen molar-refractivity contribution in [2.24, 2.45) is 0 Å². The van der Waals surface area contributed by atoms with Gasteiger partial charge in [-0.2, -0.15) is 0 Å². The van der Waals surface area contributed by atoms with Crippen LogP contribution in [-0.2, 0) is 42.9 Å². The summed E-state index contributed by atoms with van der Waals surface area (Å²) in [6.45, 7) is 4.44. The van der Waals surface area contributed by atoms with Crippen molar-refractivity contribution >= 4 is 47.3 Å². The molecular formula is C23H27NO12S. The molecule has 0 aliphatic carbocycles. The number of thioether (sulfide) groups is 1. The zero-order valence-electron chi connectivity index (χ0n) is 20.6. The Bertz CT molecular complexity index is 1030. The number of ether oxygens (including phenoxy) is 5. The fraction of sp³-hybridized carbons (Fsp3) is 0.522. The molecule has 37 heavy (non-hydrogen) atoms. The second-order valence-electron chi connectivity index (χ2n) is 8.00. The minimum Gasteiger partial charge on any atom is -0.465 e. The molecule has 5 atom stereocenters. The predicted octanol–water partition coefficient (Wildman–Crippen LogP) is 2.12. The van der Waals surface area contributed by atoms with E-state index in [0.717, 1.165) is 32.5 Å². The Labute approximate surface area is 216 Å². The largest absolute Gasteiger partial charge is 0.465 e. The molecule has 1 aliphatic heterocycles. The van der Waals surface area contributed by atoms with Crippen molar-refractivity contribution < 1.29 is 52.6 Å². The lowest BCUT2D eigenvalue weighted by molar-refractivity contribution is -0.384. The number of benzene rings is 1. The van der Waals surface area contributed by atoms with E-state index in [4.69, 9.17) is 23.7 Å². The van der Waals surface area contributed by atoms with Gasteiger partial charge < -0.3 is 23.7 Å². The standard InChI is InChI=1S/C23H27NO12S/c1-12(25)32-11-19-22(34-14(3)27)23(35-15(4)28)21(33-13(2)26)18(37-19)9-10-20(29)36-17-7-5-16(6-8-17)24(30)31/h5-8,18-19,21-23H,9-11H2,1-4H3/t18-,19-,21-,22-,23-/m1/s1. The van der Waals surface area contributed by atoms with E-state index >= 15 is 0 Å². The second-order valence-corrected chi connectivity index (χ2v) is 9.48. The Morgan fingerprint density at radius 1 is 0.811 bits per heavy atom. The number of esters is 5. The van der Waals surface area contributed by atoms with E-state index in [0.29, 0.717) is 0 Å². The summed E-state index contributed by atoms with van der Waals surface area (Å²) in [4.78, 5) is 69.6. The summed E-state index contributed by atoms with van der Waals surface area (Å²) in [5, 5.41) is 9.42. The summed E-state index contributed by atoms with van der Waals surface area (Å²) >= 11 is 1.15. The fourth-order valence-corrected chi connectivity index (χ4v) is 5.21. The second kappa shape index (κ2) is 13.6. The number of nitro benzene ring substituents is 1. The third-order valence-corrected chi connectivity index (χ3v) is 6.61. The monoisotopic (exact) mass is 541 g/mol. The number of non-ortho nitro benzene ring substituents is 1. The Morgan fingerprint density at radius 2 is 1.32 bits per heavy atom. The summed E-state index contributed by atoms with van der Waals surface area (Å²) in [6.07, 6.45) is -3.54. The third-order valence-electron chi connectivity index (χ3n) is 5.00. The van der Waals surface area contributed by atoms with Gasteiger partial charge in [0.1, 0.15) is 12.4 Å². The Morgan fingerprint density at radius 3 is 1.81 bits per heavy atom. The summed E-state index contributed by atoms with van der Waals surface area (Å²) < 4.78 is 26.5. The molecule has 13 nitrogen and oxygen atoms in total. The van der Waals surface area contributed by atoms with Crippen LogP contribution in [0.15, 0.2) is 24.3 Å². The summed E-state index contributed by atoms with van der Waals surface area (Å²) in [5.41, 5.74) is -0.166. The van der Waals surface area contributed by atoms with Crippen molar-refractivity contribution in [3.63, 3.8) is 0 Å². The molecule has 0 amide bonds. The van der Waals surface area contributed by atoms with Crippen LogP contribution in [0.25, 0.3) is 0 Å². The maximum absolute atomic E-state index is 12.5. The van der Waals surface area contributed by atoms with Crippen molar-refractivity contribution in [1.82, 2.24) is 0 Å². The topological polar surface area (TPSA) is 175 Å². The molecule has 0 spiro atoms. The SMILES string of the molecule is CC(=O)OC[C@H]1S[C@H](CCC(=O)Oc2ccc([N+](=O)[O-])cc2)[C@@H](OC(C)=O)[C@@H](OC(C)=O)[C@@H]1OC(C)=O. The van der Waals surface area contributed by atoms with Crippen LogP contribution in [-0.4, -0.2) is 70.2 Å². The van der Waals surface area contributed by atoms with Crippen molar-refractivity contribution in [2.45, 2.75) is 69.3 Å². The number of nitro groups is 1. The summed E-state index contributed by atoms with van der Waals surface area (Å²) in [7, 11) is 0. The molecule has 202 valence electrons. The van der Waals surface area contributed by atoms with Gasteiger partial charge in [0.2, 0.25) is 0 Å². The van der Waals surface area contributed by atoms with Gasteiger partial charge >= 0.3 is 29.8 Å². The van der Waals surface area contributed by atoms with Gasteiger partial charge in [0.25, 0.3) is 5.69 Å². The van der Waals surface area contributed by atoms with Gasteiger partial charge in [-0.25, -0.2) is 0 Å². The van der Waals surface area contributed by atoms with Crippen LogP contribution in [0.3, 0.4) is 0 Å². The van der Waals surface area contributed by atoms with Crippen LogP contribution in [0.1, 0.15) is 40.5 Å². The molecule has 1 aromatic carbocycles. The fourth-order valence-electron chi connectivity index (χ4n) is 3.63. The highest BCUT2D eigenvalue weighted by Gasteiger charge is 2.51. The molecule has 0 aromatic heterocycles. The number of carbonyl (C=O) groups excluding carboxylic acids is 5. The predicted molar refractivity (Wildman–Crippen MR) is 126 cm³/mol. The zero-order valence-corrected chi connectivity index (χ0v) is 21.4. The van der Waals surface area contributed by atoms with Gasteiger partial charge in [-0.05, 0) is 18.6 Å². The zero-order chi connectivity index (χ0) is 27.7. The molecule has 2 rings (SSSR count). The van der Waals surface area contributed by atoms with Crippen molar-refractivity contribution in [2.75, 3.05) is 6.61 Å². The van der Waals surface area contributed by atoms with E-state index in [1.165, 1.54) is 31.2 Å². The first-order valence-electron chi connectivity index (χ1n) is 11.1. The quantitative estimate of drug-likeness (QED) is 0.139. The number of hydrogen-bond donors (Lipinski definition) is 0. The minimum absolute atomic E-state index is 0.0789. The van der Waals surface area contributed by atoms with Crippen LogP contribution >= 0.6 is 11.8 Å². The van der Waals surface area contributed by atoms with Crippen LogP contribution < -0.4 is 4.74 Å². The van der Waals surface area contributed by atoms with E-state index in [2.05, 4.69) is 0 Å². The highest BCUT2D eigenvalue weighted by molar-refractivity contribution is 8.00. The first-order valence-corrected chi connectivity index (χ1v) is 12.1. The number of carbonyl (C=O) groups is 5. The van der Waals surface area contributed by atoms with E-state index in [1.54, 1.807) is 0 Å². The highest BCUT2D eigenvalue weighted by Crippen LogP contribution is 2.40. The third kappa shape index (κ3) is 9.37. The highest BCUT2D eigenvalue weighted by atomic mass is 32.2. The van der Waals surface area contributed by atoms with Crippen LogP contribution in [0, 0.1) is 10.1 Å². The maximum Gasteiger partial charge on any atom is 0.311 e. The Balaban J connectivity index is 2.25.